The molecule has 7 nitrogen and oxygen atoms in total. The molecule has 0 aliphatic rings. The molecule has 0 fully saturated rings. The lowest BCUT2D eigenvalue weighted by Crippen LogP contribution is -2.01. The van der Waals surface area contributed by atoms with Gasteiger partial charge in [-0.1, -0.05) is 63.7 Å². The van der Waals surface area contributed by atoms with Crippen LogP contribution in [-0.2, 0) is 19.1 Å². The Morgan fingerprint density at radius 1 is 0.763 bits per heavy atom. The summed E-state index contributed by atoms with van der Waals surface area (Å²) in [7, 11) is 1.32. The van der Waals surface area contributed by atoms with Crippen molar-refractivity contribution >= 4 is 24.3 Å². The first kappa shape index (κ1) is 32.2. The first-order valence-corrected chi connectivity index (χ1v) is 13.0. The molecule has 0 aromatic heterocycles. The van der Waals surface area contributed by atoms with Crippen molar-refractivity contribution in [1.29, 1.82) is 0 Å². The van der Waals surface area contributed by atoms with Crippen molar-refractivity contribution in [1.82, 2.24) is 0 Å². The first-order chi connectivity index (χ1) is 18.5. The number of aldehydes is 1. The monoisotopic (exact) mass is 524 g/mol. The number of aromatic hydroxyl groups is 1. The number of methoxy groups -OCH3 is 1. The average molecular weight is 525 g/mol. The highest BCUT2D eigenvalue weighted by Gasteiger charge is 1.98. The van der Waals surface area contributed by atoms with Gasteiger partial charge in [-0.05, 0) is 60.9 Å². The van der Waals surface area contributed by atoms with Gasteiger partial charge in [-0.3, -0.25) is 4.79 Å². The second-order valence-electron chi connectivity index (χ2n) is 8.54. The third kappa shape index (κ3) is 16.7. The topological polar surface area (TPSA) is 99.1 Å². The number of carbonyl (C=O) groups excluding carboxylic acids is 3. The van der Waals surface area contributed by atoms with E-state index in [9.17, 15) is 14.4 Å². The van der Waals surface area contributed by atoms with E-state index in [0.717, 1.165) is 43.5 Å². The Labute approximate surface area is 226 Å². The van der Waals surface area contributed by atoms with Gasteiger partial charge in [0.05, 0.1) is 20.3 Å². The SMILES string of the molecule is C=CC(=O)OCCCCCCCCCCCOc1ccc(C=O)cc1.COC(=O)C=Cc1ccc(O)cc1. The van der Waals surface area contributed by atoms with Crippen LogP contribution in [0.1, 0.15) is 73.7 Å². The number of hydrogen-bond donors (Lipinski definition) is 1. The van der Waals surface area contributed by atoms with Gasteiger partial charge in [-0.2, -0.15) is 0 Å². The maximum absolute atomic E-state index is 10.8. The van der Waals surface area contributed by atoms with Crippen LogP contribution in [-0.4, -0.2) is 43.7 Å². The van der Waals surface area contributed by atoms with Gasteiger partial charge in [0, 0.05) is 17.7 Å². The number of phenols is 1. The quantitative estimate of drug-likeness (QED) is 0.106. The smallest absolute Gasteiger partial charge is 0.330 e. The molecule has 1 N–H and O–H groups in total. The second-order valence-corrected chi connectivity index (χ2v) is 8.54. The molecule has 2 rings (SSSR count). The molecule has 0 saturated heterocycles. The van der Waals surface area contributed by atoms with Crippen LogP contribution < -0.4 is 4.74 Å². The summed E-state index contributed by atoms with van der Waals surface area (Å²) in [4.78, 5) is 32.1. The zero-order valence-corrected chi connectivity index (χ0v) is 22.3. The van der Waals surface area contributed by atoms with Gasteiger partial charge in [0.2, 0.25) is 0 Å². The molecule has 0 spiro atoms. The molecule has 0 saturated carbocycles. The van der Waals surface area contributed by atoms with E-state index in [1.807, 2.05) is 12.1 Å². The molecule has 0 unspecified atom stereocenters. The Balaban J connectivity index is 0.000000464. The van der Waals surface area contributed by atoms with Crippen LogP contribution >= 0.6 is 0 Å². The second kappa shape index (κ2) is 21.2. The maximum atomic E-state index is 10.8. The number of carbonyl (C=O) groups is 3. The van der Waals surface area contributed by atoms with Crippen LogP contribution in [0.3, 0.4) is 0 Å². The Bertz CT molecular complexity index is 963. The van der Waals surface area contributed by atoms with Gasteiger partial charge in [0.15, 0.2) is 0 Å². The van der Waals surface area contributed by atoms with Crippen molar-refractivity contribution in [3.8, 4) is 11.5 Å². The number of rotatable bonds is 17. The Kier molecular flexibility index (Phi) is 18.0. The molecule has 206 valence electrons. The molecule has 0 aliphatic heterocycles. The summed E-state index contributed by atoms with van der Waals surface area (Å²) in [5, 5.41) is 8.96. The van der Waals surface area contributed by atoms with Crippen LogP contribution in [0.2, 0.25) is 0 Å². The van der Waals surface area contributed by atoms with Gasteiger partial charge < -0.3 is 19.3 Å². The number of ether oxygens (including phenoxy) is 3. The molecular weight excluding hydrogens is 484 g/mol. The molecule has 7 heteroatoms. The fraction of sp³-hybridized carbons (Fsp3) is 0.387. The largest absolute Gasteiger partial charge is 0.508 e. The zero-order valence-electron chi connectivity index (χ0n) is 22.3. The maximum Gasteiger partial charge on any atom is 0.330 e. The Morgan fingerprint density at radius 2 is 1.29 bits per heavy atom. The molecule has 38 heavy (non-hydrogen) atoms. The van der Waals surface area contributed by atoms with Crippen LogP contribution in [0.25, 0.3) is 6.08 Å². The minimum absolute atomic E-state index is 0.204. The molecule has 0 atom stereocenters. The van der Waals surface area contributed by atoms with Crippen LogP contribution in [0.4, 0.5) is 0 Å². The fourth-order valence-electron chi connectivity index (χ4n) is 3.32. The highest BCUT2D eigenvalue weighted by molar-refractivity contribution is 5.86. The number of hydrogen-bond acceptors (Lipinski definition) is 7. The summed E-state index contributed by atoms with van der Waals surface area (Å²) >= 11 is 0. The minimum atomic E-state index is -0.395. The summed E-state index contributed by atoms with van der Waals surface area (Å²) < 4.78 is 15.0. The normalized spacial score (nSPS) is 10.2. The molecule has 0 bridgehead atoms. The van der Waals surface area contributed by atoms with Crippen molar-refractivity contribution in [3.63, 3.8) is 0 Å². The Morgan fingerprint density at radius 3 is 1.82 bits per heavy atom. The van der Waals surface area contributed by atoms with Gasteiger partial charge in [-0.25, -0.2) is 9.59 Å². The number of phenolic OH excluding ortho intramolecular Hbond substituents is 1. The number of esters is 2. The summed E-state index contributed by atoms with van der Waals surface area (Å²) in [5.74, 6) is 0.301. The van der Waals surface area contributed by atoms with E-state index < -0.39 is 5.97 Å². The molecular formula is C31H40O7. The summed E-state index contributed by atoms with van der Waals surface area (Å²) in [6.07, 6.45) is 15.5. The van der Waals surface area contributed by atoms with E-state index in [2.05, 4.69) is 11.3 Å². The third-order valence-corrected chi connectivity index (χ3v) is 5.49. The first-order valence-electron chi connectivity index (χ1n) is 13.0. The highest BCUT2D eigenvalue weighted by atomic mass is 16.5. The van der Waals surface area contributed by atoms with Gasteiger partial charge in [0.1, 0.15) is 17.8 Å². The van der Waals surface area contributed by atoms with E-state index in [1.165, 1.54) is 57.8 Å². The standard InChI is InChI=1S/C21H30O4.C10H10O3/c1-2-21(23)25-17-11-9-7-5-3-4-6-8-10-16-24-20-14-12-19(18-22)13-15-20;1-13-10(12)7-4-8-2-5-9(11)6-3-8/h2,12-15,18H,1,3-11,16-17H2;2-7,11H,1H3. The van der Waals surface area contributed by atoms with Gasteiger partial charge in [-0.15, -0.1) is 0 Å². The van der Waals surface area contributed by atoms with E-state index in [4.69, 9.17) is 14.6 Å². The van der Waals surface area contributed by atoms with Gasteiger partial charge >= 0.3 is 11.9 Å². The van der Waals surface area contributed by atoms with E-state index in [-0.39, 0.29) is 11.7 Å². The molecule has 0 radical (unpaired) electrons. The zero-order chi connectivity index (χ0) is 27.8. The van der Waals surface area contributed by atoms with Crippen molar-refractivity contribution in [2.24, 2.45) is 0 Å². The average Bonchev–Trinajstić information content (AvgIpc) is 2.95. The van der Waals surface area contributed by atoms with Crippen molar-refractivity contribution in [3.05, 3.63) is 78.4 Å². The van der Waals surface area contributed by atoms with E-state index in [1.54, 1.807) is 42.5 Å². The van der Waals surface area contributed by atoms with Crippen molar-refractivity contribution in [2.45, 2.75) is 57.8 Å². The minimum Gasteiger partial charge on any atom is -0.508 e. The number of benzene rings is 2. The van der Waals surface area contributed by atoms with E-state index in [0.29, 0.717) is 12.2 Å². The molecule has 0 amide bonds. The third-order valence-electron chi connectivity index (χ3n) is 5.49. The highest BCUT2D eigenvalue weighted by Crippen LogP contribution is 2.13. The lowest BCUT2D eigenvalue weighted by molar-refractivity contribution is -0.138. The summed E-state index contributed by atoms with van der Waals surface area (Å²) in [5.41, 5.74) is 1.51. The lowest BCUT2D eigenvalue weighted by Gasteiger charge is -2.06. The predicted molar refractivity (Wildman–Crippen MR) is 149 cm³/mol. The van der Waals surface area contributed by atoms with Crippen molar-refractivity contribution in [2.75, 3.05) is 20.3 Å². The van der Waals surface area contributed by atoms with Crippen LogP contribution in [0, 0.1) is 0 Å². The molecule has 2 aromatic rings. The molecule has 2 aromatic carbocycles. The van der Waals surface area contributed by atoms with Crippen molar-refractivity contribution < 1.29 is 33.7 Å². The lowest BCUT2D eigenvalue weighted by atomic mass is 10.1. The molecule has 0 aliphatic carbocycles. The van der Waals surface area contributed by atoms with Gasteiger partial charge in [0.25, 0.3) is 0 Å². The van der Waals surface area contributed by atoms with Crippen LogP contribution in [0.15, 0.2) is 67.3 Å². The Hall–Kier alpha value is -3.87. The fourth-order valence-corrected chi connectivity index (χ4v) is 3.32. The van der Waals surface area contributed by atoms with E-state index >= 15 is 0 Å². The summed E-state index contributed by atoms with van der Waals surface area (Å²) in [6, 6.07) is 13.7. The van der Waals surface area contributed by atoms with Crippen LogP contribution in [0.5, 0.6) is 11.5 Å². The number of unbranched alkanes of at least 4 members (excludes halogenated alkanes) is 8. The predicted octanol–water partition coefficient (Wildman–Crippen LogP) is 6.70. The molecule has 0 heterocycles. The summed E-state index contributed by atoms with van der Waals surface area (Å²) in [6.45, 7) is 4.59.